The smallest absolute Gasteiger partial charge is 0.311 e. The second-order valence-electron chi connectivity index (χ2n) is 3.64. The molecule has 0 amide bonds. The first-order valence-corrected chi connectivity index (χ1v) is 6.00. The van der Waals surface area contributed by atoms with Crippen LogP contribution in [0.2, 0.25) is 0 Å². The fraction of sp³-hybridized carbons (Fsp3) is 0.154. The lowest BCUT2D eigenvalue weighted by molar-refractivity contribution is -0.138. The van der Waals surface area contributed by atoms with E-state index in [9.17, 15) is 9.90 Å². The summed E-state index contributed by atoms with van der Waals surface area (Å²) in [6.45, 7) is 0. The predicted molar refractivity (Wildman–Crippen MR) is 64.8 cm³/mol. The summed E-state index contributed by atoms with van der Waals surface area (Å²) >= 11 is 1.60. The Balaban J connectivity index is 2.22. The Morgan fingerprint density at radius 1 is 1.25 bits per heavy atom. The number of carboxylic acid groups (broad SMARTS) is 1. The molecule has 2 rings (SSSR count). The molecular weight excluding hydrogens is 220 g/mol. The van der Waals surface area contributed by atoms with Gasteiger partial charge in [0, 0.05) is 0 Å². The molecule has 2 aromatic rings. The molecule has 0 spiro atoms. The summed E-state index contributed by atoms with van der Waals surface area (Å²) in [5.74, 6) is -1.21. The predicted octanol–water partition coefficient (Wildman–Crippen LogP) is 3.16. The van der Waals surface area contributed by atoms with Gasteiger partial charge in [0.2, 0.25) is 0 Å². The summed E-state index contributed by atoms with van der Waals surface area (Å²) in [5, 5.41) is 13.2. The quantitative estimate of drug-likeness (QED) is 0.879. The van der Waals surface area contributed by atoms with E-state index < -0.39 is 11.9 Å². The number of benzene rings is 1. The Morgan fingerprint density at radius 3 is 2.56 bits per heavy atom. The maximum absolute atomic E-state index is 11.2. The number of hydrogen-bond acceptors (Lipinski definition) is 2. The first kappa shape index (κ1) is 10.9. The minimum Gasteiger partial charge on any atom is -0.481 e. The molecule has 0 saturated carbocycles. The lowest BCUT2D eigenvalue weighted by Crippen LogP contribution is -2.13. The molecule has 0 bridgehead atoms. The van der Waals surface area contributed by atoms with Crippen LogP contribution in [0.1, 0.15) is 17.0 Å². The lowest BCUT2D eigenvalue weighted by Gasteiger charge is -2.11. The van der Waals surface area contributed by atoms with Gasteiger partial charge in [0.25, 0.3) is 0 Å². The molecular formula is C13H12O2S. The summed E-state index contributed by atoms with van der Waals surface area (Å²) in [6.07, 6.45) is 0.558. The highest BCUT2D eigenvalue weighted by molar-refractivity contribution is 7.07. The third kappa shape index (κ3) is 2.49. The van der Waals surface area contributed by atoms with Gasteiger partial charge in [-0.1, -0.05) is 30.3 Å². The third-order valence-corrected chi connectivity index (χ3v) is 3.25. The van der Waals surface area contributed by atoms with Gasteiger partial charge < -0.3 is 5.11 Å². The maximum atomic E-state index is 11.2. The molecule has 82 valence electrons. The zero-order valence-electron chi connectivity index (χ0n) is 8.67. The number of rotatable bonds is 4. The van der Waals surface area contributed by atoms with Crippen LogP contribution in [0.5, 0.6) is 0 Å². The molecule has 0 aliphatic rings. The van der Waals surface area contributed by atoms with Gasteiger partial charge >= 0.3 is 5.97 Å². The van der Waals surface area contributed by atoms with Crippen LogP contribution in [0.15, 0.2) is 47.2 Å². The Bertz CT molecular complexity index is 448. The van der Waals surface area contributed by atoms with Crippen molar-refractivity contribution >= 4 is 17.3 Å². The highest BCUT2D eigenvalue weighted by Gasteiger charge is 2.19. The summed E-state index contributed by atoms with van der Waals surface area (Å²) in [6, 6.07) is 11.4. The van der Waals surface area contributed by atoms with E-state index in [1.807, 2.05) is 47.2 Å². The van der Waals surface area contributed by atoms with E-state index in [4.69, 9.17) is 0 Å². The molecule has 0 fully saturated rings. The van der Waals surface area contributed by atoms with Crippen LogP contribution in [0.4, 0.5) is 0 Å². The van der Waals surface area contributed by atoms with E-state index in [-0.39, 0.29) is 0 Å². The second-order valence-corrected chi connectivity index (χ2v) is 4.42. The van der Waals surface area contributed by atoms with Crippen LogP contribution in [-0.2, 0) is 11.2 Å². The second kappa shape index (κ2) is 4.94. The van der Waals surface area contributed by atoms with Gasteiger partial charge in [0.05, 0.1) is 5.92 Å². The van der Waals surface area contributed by atoms with Gasteiger partial charge in [-0.15, -0.1) is 0 Å². The monoisotopic (exact) mass is 232 g/mol. The fourth-order valence-electron chi connectivity index (χ4n) is 1.68. The van der Waals surface area contributed by atoms with E-state index in [1.165, 1.54) is 0 Å². The van der Waals surface area contributed by atoms with Crippen LogP contribution < -0.4 is 0 Å². The molecule has 3 heteroatoms. The first-order valence-electron chi connectivity index (χ1n) is 5.06. The molecule has 0 unspecified atom stereocenters. The molecule has 1 N–H and O–H groups in total. The third-order valence-electron chi connectivity index (χ3n) is 2.52. The van der Waals surface area contributed by atoms with Crippen molar-refractivity contribution in [2.24, 2.45) is 0 Å². The molecule has 1 aromatic carbocycles. The summed E-state index contributed by atoms with van der Waals surface area (Å²) < 4.78 is 0. The van der Waals surface area contributed by atoms with Crippen molar-refractivity contribution < 1.29 is 9.90 Å². The highest BCUT2D eigenvalue weighted by Crippen LogP contribution is 2.22. The molecule has 2 nitrogen and oxygen atoms in total. The molecule has 1 aromatic heterocycles. The number of carboxylic acids is 1. The van der Waals surface area contributed by atoms with Crippen molar-refractivity contribution in [3.8, 4) is 0 Å². The molecule has 0 aliphatic heterocycles. The normalized spacial score (nSPS) is 12.2. The lowest BCUT2D eigenvalue weighted by atomic mass is 9.93. The van der Waals surface area contributed by atoms with Crippen LogP contribution in [-0.4, -0.2) is 11.1 Å². The Kier molecular flexibility index (Phi) is 3.37. The minimum absolute atomic E-state index is 0.448. The van der Waals surface area contributed by atoms with Crippen molar-refractivity contribution in [2.45, 2.75) is 12.3 Å². The fourth-order valence-corrected chi connectivity index (χ4v) is 2.36. The Labute approximate surface area is 98.2 Å². The topological polar surface area (TPSA) is 37.3 Å². The van der Waals surface area contributed by atoms with Gasteiger partial charge in [-0.2, -0.15) is 11.3 Å². The average Bonchev–Trinajstić information content (AvgIpc) is 2.79. The SMILES string of the molecule is O=C(O)[C@@H](Cc1ccsc1)c1ccccc1. The molecule has 0 radical (unpaired) electrons. The summed E-state index contributed by atoms with van der Waals surface area (Å²) in [7, 11) is 0. The largest absolute Gasteiger partial charge is 0.481 e. The number of carbonyl (C=O) groups is 1. The van der Waals surface area contributed by atoms with Crippen molar-refractivity contribution in [3.63, 3.8) is 0 Å². The standard InChI is InChI=1S/C13H12O2S/c14-13(15)12(8-10-6-7-16-9-10)11-4-2-1-3-5-11/h1-7,9,12H,8H2,(H,14,15)/t12-/m0/s1. The molecule has 0 saturated heterocycles. The van der Waals surface area contributed by atoms with Crippen LogP contribution in [0.3, 0.4) is 0 Å². The number of hydrogen-bond donors (Lipinski definition) is 1. The van der Waals surface area contributed by atoms with Gasteiger partial charge in [0.1, 0.15) is 0 Å². The van der Waals surface area contributed by atoms with Gasteiger partial charge in [0.15, 0.2) is 0 Å². The number of thiophene rings is 1. The van der Waals surface area contributed by atoms with E-state index >= 15 is 0 Å². The summed E-state index contributed by atoms with van der Waals surface area (Å²) in [4.78, 5) is 11.2. The van der Waals surface area contributed by atoms with Crippen molar-refractivity contribution in [3.05, 3.63) is 58.3 Å². The van der Waals surface area contributed by atoms with Crippen molar-refractivity contribution in [1.29, 1.82) is 0 Å². The maximum Gasteiger partial charge on any atom is 0.311 e. The average molecular weight is 232 g/mol. The number of aliphatic carboxylic acids is 1. The summed E-state index contributed by atoms with van der Waals surface area (Å²) in [5.41, 5.74) is 1.95. The van der Waals surface area contributed by atoms with Crippen LogP contribution in [0, 0.1) is 0 Å². The zero-order chi connectivity index (χ0) is 11.4. The minimum atomic E-state index is -0.766. The van der Waals surface area contributed by atoms with Gasteiger partial charge in [-0.3, -0.25) is 4.79 Å². The van der Waals surface area contributed by atoms with Crippen molar-refractivity contribution in [1.82, 2.24) is 0 Å². The zero-order valence-corrected chi connectivity index (χ0v) is 9.48. The Morgan fingerprint density at radius 2 is 2.00 bits per heavy atom. The molecule has 0 aliphatic carbocycles. The van der Waals surface area contributed by atoms with E-state index in [2.05, 4.69) is 0 Å². The van der Waals surface area contributed by atoms with Crippen LogP contribution in [0.25, 0.3) is 0 Å². The molecule has 16 heavy (non-hydrogen) atoms. The first-order chi connectivity index (χ1) is 7.77. The Hall–Kier alpha value is -1.61. The van der Waals surface area contributed by atoms with E-state index in [1.54, 1.807) is 11.3 Å². The van der Waals surface area contributed by atoms with Gasteiger partial charge in [-0.05, 0) is 34.4 Å². The molecule has 1 heterocycles. The van der Waals surface area contributed by atoms with Gasteiger partial charge in [-0.25, -0.2) is 0 Å². The molecule has 1 atom stereocenters. The highest BCUT2D eigenvalue weighted by atomic mass is 32.1. The van der Waals surface area contributed by atoms with Crippen LogP contribution >= 0.6 is 11.3 Å². The van der Waals surface area contributed by atoms with Crippen molar-refractivity contribution in [2.75, 3.05) is 0 Å². The van der Waals surface area contributed by atoms with E-state index in [0.29, 0.717) is 6.42 Å². The van der Waals surface area contributed by atoms with E-state index in [0.717, 1.165) is 11.1 Å².